The first-order valence-electron chi connectivity index (χ1n) is 8.45. The fourth-order valence-electron chi connectivity index (χ4n) is 2.36. The second kappa shape index (κ2) is 8.27. The second-order valence-electron chi connectivity index (χ2n) is 6.03. The smallest absolute Gasteiger partial charge is 0.259 e. The predicted octanol–water partition coefficient (Wildman–Crippen LogP) is 4.40. The maximum Gasteiger partial charge on any atom is 0.259 e. The molecule has 0 saturated carbocycles. The highest BCUT2D eigenvalue weighted by Crippen LogP contribution is 2.27. The van der Waals surface area contributed by atoms with E-state index in [-0.39, 0.29) is 17.5 Å². The van der Waals surface area contributed by atoms with E-state index in [1.165, 1.54) is 18.2 Å². The van der Waals surface area contributed by atoms with Gasteiger partial charge in [0, 0.05) is 0 Å². The Bertz CT molecular complexity index is 929. The largest absolute Gasteiger partial charge is 0.489 e. The van der Waals surface area contributed by atoms with Crippen LogP contribution in [0, 0.1) is 5.82 Å². The van der Waals surface area contributed by atoms with Gasteiger partial charge in [0.1, 0.15) is 11.6 Å². The molecule has 3 aromatic rings. The molecule has 2 aromatic carbocycles. The number of nitrogens with zero attached hydrogens (tertiary/aromatic N) is 2. The summed E-state index contributed by atoms with van der Waals surface area (Å²) in [6.45, 7) is 3.90. The van der Waals surface area contributed by atoms with Gasteiger partial charge in [0.15, 0.2) is 11.6 Å². The Labute approximate surface area is 156 Å². The van der Waals surface area contributed by atoms with Crippen molar-refractivity contribution in [1.29, 1.82) is 0 Å². The lowest BCUT2D eigenvalue weighted by Crippen LogP contribution is -2.15. The third kappa shape index (κ3) is 4.78. The third-order valence-corrected chi connectivity index (χ3v) is 3.54. The normalized spacial score (nSPS) is 10.5. The average molecular weight is 366 g/mol. The summed E-state index contributed by atoms with van der Waals surface area (Å²) in [5.74, 6) is 0.229. The van der Waals surface area contributed by atoms with Crippen LogP contribution in [0.25, 0.3) is 0 Å². The van der Waals surface area contributed by atoms with Crippen molar-refractivity contribution >= 4 is 23.2 Å². The van der Waals surface area contributed by atoms with E-state index in [1.807, 2.05) is 38.1 Å². The molecule has 27 heavy (non-hydrogen) atoms. The number of nitrogens with one attached hydrogen (secondary N) is 2. The molecule has 1 amide bonds. The number of anilines is 3. The second-order valence-corrected chi connectivity index (χ2v) is 6.03. The zero-order chi connectivity index (χ0) is 19.2. The van der Waals surface area contributed by atoms with Crippen LogP contribution in [0.3, 0.4) is 0 Å². The molecule has 138 valence electrons. The van der Waals surface area contributed by atoms with Crippen molar-refractivity contribution in [2.75, 3.05) is 10.6 Å². The van der Waals surface area contributed by atoms with Crippen LogP contribution in [0.5, 0.6) is 5.75 Å². The van der Waals surface area contributed by atoms with Gasteiger partial charge < -0.3 is 15.4 Å². The third-order valence-electron chi connectivity index (χ3n) is 3.54. The summed E-state index contributed by atoms with van der Waals surface area (Å²) in [5.41, 5.74) is 0.699. The van der Waals surface area contributed by atoms with Crippen LogP contribution >= 0.6 is 0 Å². The minimum absolute atomic E-state index is 0.0370. The molecule has 0 aliphatic carbocycles. The van der Waals surface area contributed by atoms with Crippen LogP contribution in [0.15, 0.2) is 60.7 Å². The number of carbonyl (C=O) groups excluding carboxylic acids is 1. The van der Waals surface area contributed by atoms with Crippen molar-refractivity contribution in [3.05, 3.63) is 72.0 Å². The molecule has 0 aliphatic heterocycles. The van der Waals surface area contributed by atoms with E-state index in [2.05, 4.69) is 20.8 Å². The van der Waals surface area contributed by atoms with Crippen molar-refractivity contribution in [2.45, 2.75) is 20.0 Å². The van der Waals surface area contributed by atoms with Crippen LogP contribution < -0.4 is 15.4 Å². The molecule has 0 radical (unpaired) electrons. The number of benzene rings is 2. The maximum atomic E-state index is 13.7. The number of ether oxygens (including phenoxy) is 1. The summed E-state index contributed by atoms with van der Waals surface area (Å²) in [4.78, 5) is 12.1. The molecule has 0 atom stereocenters. The van der Waals surface area contributed by atoms with E-state index in [0.29, 0.717) is 11.6 Å². The lowest BCUT2D eigenvalue weighted by molar-refractivity contribution is 0.102. The van der Waals surface area contributed by atoms with Crippen molar-refractivity contribution in [3.8, 4) is 5.75 Å². The molecular formula is C20H19FN4O2. The Kier molecular flexibility index (Phi) is 5.61. The molecule has 1 heterocycles. The van der Waals surface area contributed by atoms with Gasteiger partial charge in [0.05, 0.1) is 17.4 Å². The summed E-state index contributed by atoms with van der Waals surface area (Å²) in [7, 11) is 0. The Morgan fingerprint density at radius 2 is 1.63 bits per heavy atom. The van der Waals surface area contributed by atoms with Crippen LogP contribution in [0.1, 0.15) is 24.2 Å². The monoisotopic (exact) mass is 366 g/mol. The lowest BCUT2D eigenvalue weighted by Gasteiger charge is -2.15. The number of carbonyl (C=O) groups is 1. The lowest BCUT2D eigenvalue weighted by atomic mass is 10.2. The highest BCUT2D eigenvalue weighted by Gasteiger charge is 2.12. The van der Waals surface area contributed by atoms with E-state index < -0.39 is 11.7 Å². The molecule has 2 N–H and O–H groups in total. The molecule has 0 spiro atoms. The number of para-hydroxylation sites is 2. The van der Waals surface area contributed by atoms with Gasteiger partial charge in [-0.2, -0.15) is 0 Å². The van der Waals surface area contributed by atoms with Crippen LogP contribution in [-0.2, 0) is 0 Å². The van der Waals surface area contributed by atoms with Crippen molar-refractivity contribution < 1.29 is 13.9 Å². The standard InChI is InChI=1S/C20H19FN4O2/c1-13(2)27-17-10-6-5-9-16(17)22-18-11-12-19(25-24-18)23-20(26)14-7-3-4-8-15(14)21/h3-13H,1-2H3,(H,22,24)(H,23,25,26). The van der Waals surface area contributed by atoms with Gasteiger partial charge in [-0.1, -0.05) is 24.3 Å². The number of halogens is 1. The van der Waals surface area contributed by atoms with Crippen molar-refractivity contribution in [3.63, 3.8) is 0 Å². The Balaban J connectivity index is 1.69. The first-order chi connectivity index (χ1) is 13.0. The van der Waals surface area contributed by atoms with Crippen LogP contribution in [0.4, 0.5) is 21.7 Å². The van der Waals surface area contributed by atoms with E-state index in [4.69, 9.17) is 4.74 Å². The molecule has 0 aliphatic rings. The summed E-state index contributed by atoms with van der Waals surface area (Å²) in [6, 6.07) is 16.5. The molecule has 0 fully saturated rings. The SMILES string of the molecule is CC(C)Oc1ccccc1Nc1ccc(NC(=O)c2ccccc2F)nn1. The fourth-order valence-corrected chi connectivity index (χ4v) is 2.36. The van der Waals surface area contributed by atoms with Gasteiger partial charge in [0.2, 0.25) is 0 Å². The first-order valence-corrected chi connectivity index (χ1v) is 8.45. The molecule has 0 bridgehead atoms. The quantitative estimate of drug-likeness (QED) is 0.676. The summed E-state index contributed by atoms with van der Waals surface area (Å²) >= 11 is 0. The number of amides is 1. The van der Waals surface area contributed by atoms with Gasteiger partial charge in [-0.3, -0.25) is 4.79 Å². The Morgan fingerprint density at radius 1 is 0.963 bits per heavy atom. The molecule has 0 saturated heterocycles. The topological polar surface area (TPSA) is 76.1 Å². The summed E-state index contributed by atoms with van der Waals surface area (Å²) < 4.78 is 19.4. The fraction of sp³-hybridized carbons (Fsp3) is 0.150. The molecule has 7 heteroatoms. The van der Waals surface area contributed by atoms with E-state index in [0.717, 1.165) is 5.69 Å². The van der Waals surface area contributed by atoms with E-state index >= 15 is 0 Å². The zero-order valence-corrected chi connectivity index (χ0v) is 14.9. The van der Waals surface area contributed by atoms with Gasteiger partial charge in [-0.05, 0) is 50.2 Å². The van der Waals surface area contributed by atoms with E-state index in [1.54, 1.807) is 18.2 Å². The molecule has 6 nitrogen and oxygen atoms in total. The highest BCUT2D eigenvalue weighted by molar-refractivity contribution is 6.03. The van der Waals surface area contributed by atoms with Crippen molar-refractivity contribution in [1.82, 2.24) is 10.2 Å². The number of hydrogen-bond donors (Lipinski definition) is 2. The molecular weight excluding hydrogens is 347 g/mol. The number of hydrogen-bond acceptors (Lipinski definition) is 5. The van der Waals surface area contributed by atoms with E-state index in [9.17, 15) is 9.18 Å². The Hall–Kier alpha value is -3.48. The van der Waals surface area contributed by atoms with Gasteiger partial charge in [-0.15, -0.1) is 10.2 Å². The van der Waals surface area contributed by atoms with Crippen molar-refractivity contribution in [2.24, 2.45) is 0 Å². The number of aromatic nitrogens is 2. The summed E-state index contributed by atoms with van der Waals surface area (Å²) in [5, 5.41) is 13.6. The Morgan fingerprint density at radius 3 is 2.33 bits per heavy atom. The van der Waals surface area contributed by atoms with Gasteiger partial charge >= 0.3 is 0 Å². The van der Waals surface area contributed by atoms with Gasteiger partial charge in [0.25, 0.3) is 5.91 Å². The van der Waals surface area contributed by atoms with Crippen LogP contribution in [0.2, 0.25) is 0 Å². The molecule has 3 rings (SSSR count). The summed E-state index contributed by atoms with van der Waals surface area (Å²) in [6.07, 6.45) is 0.0370. The van der Waals surface area contributed by atoms with Crippen LogP contribution in [-0.4, -0.2) is 22.2 Å². The molecule has 0 unspecified atom stereocenters. The molecule has 1 aromatic heterocycles. The predicted molar refractivity (Wildman–Crippen MR) is 102 cm³/mol. The average Bonchev–Trinajstić information content (AvgIpc) is 2.65. The first kappa shape index (κ1) is 18.3. The highest BCUT2D eigenvalue weighted by atomic mass is 19.1. The number of rotatable bonds is 6. The zero-order valence-electron chi connectivity index (χ0n) is 14.9. The minimum atomic E-state index is -0.594. The van der Waals surface area contributed by atoms with Gasteiger partial charge in [-0.25, -0.2) is 4.39 Å². The maximum absolute atomic E-state index is 13.7. The minimum Gasteiger partial charge on any atom is -0.489 e.